The minimum absolute atomic E-state index is 0.0603. The van der Waals surface area contributed by atoms with Crippen molar-refractivity contribution < 1.29 is 13.2 Å². The molecule has 0 aliphatic rings. The smallest absolute Gasteiger partial charge is 0.241 e. The van der Waals surface area contributed by atoms with Gasteiger partial charge in [0.1, 0.15) is 6.54 Å². The predicted molar refractivity (Wildman–Crippen MR) is 124 cm³/mol. The van der Waals surface area contributed by atoms with Crippen LogP contribution in [0.3, 0.4) is 0 Å². The van der Waals surface area contributed by atoms with Crippen molar-refractivity contribution in [2.75, 3.05) is 17.1 Å². The lowest BCUT2D eigenvalue weighted by Crippen LogP contribution is -2.41. The molecule has 0 aliphatic heterocycles. The lowest BCUT2D eigenvalue weighted by Gasteiger charge is -2.26. The molecule has 0 unspecified atom stereocenters. The van der Waals surface area contributed by atoms with Gasteiger partial charge in [-0.3, -0.25) is 9.10 Å². The first-order valence-corrected chi connectivity index (χ1v) is 12.1. The third-order valence-electron chi connectivity index (χ3n) is 5.17. The summed E-state index contributed by atoms with van der Waals surface area (Å²) in [6, 6.07) is 15.2. The topological polar surface area (TPSA) is 66.5 Å². The average molecular weight is 431 g/mol. The Kier molecular flexibility index (Phi) is 7.35. The van der Waals surface area contributed by atoms with Crippen LogP contribution in [0.2, 0.25) is 0 Å². The molecule has 0 spiro atoms. The monoisotopic (exact) mass is 430 g/mol. The molecule has 0 radical (unpaired) electrons. The molecule has 1 atom stereocenters. The fraction of sp³-hybridized carbons (Fsp3) is 0.458. The van der Waals surface area contributed by atoms with Gasteiger partial charge in [-0.15, -0.1) is 0 Å². The molecule has 2 aromatic rings. The fourth-order valence-electron chi connectivity index (χ4n) is 3.36. The van der Waals surface area contributed by atoms with Crippen LogP contribution in [0.25, 0.3) is 0 Å². The van der Waals surface area contributed by atoms with E-state index in [4.69, 9.17) is 0 Å². The summed E-state index contributed by atoms with van der Waals surface area (Å²) in [5, 5.41) is 2.93. The fourth-order valence-corrected chi connectivity index (χ4v) is 4.23. The molecule has 2 aromatic carbocycles. The van der Waals surface area contributed by atoms with Crippen LogP contribution in [0.1, 0.15) is 70.2 Å². The molecule has 6 heteroatoms. The van der Waals surface area contributed by atoms with Crippen molar-refractivity contribution in [2.24, 2.45) is 0 Å². The number of benzene rings is 2. The third-order valence-corrected chi connectivity index (χ3v) is 6.30. The second-order valence-electron chi connectivity index (χ2n) is 9.14. The van der Waals surface area contributed by atoms with Crippen LogP contribution in [0.5, 0.6) is 0 Å². The van der Waals surface area contributed by atoms with E-state index in [1.165, 1.54) is 9.87 Å². The van der Waals surface area contributed by atoms with Crippen molar-refractivity contribution in [3.8, 4) is 0 Å². The summed E-state index contributed by atoms with van der Waals surface area (Å²) in [7, 11) is -3.62. The summed E-state index contributed by atoms with van der Waals surface area (Å²) in [4.78, 5) is 12.7. The minimum atomic E-state index is -3.62. The van der Waals surface area contributed by atoms with Crippen LogP contribution in [-0.2, 0) is 20.2 Å². The van der Waals surface area contributed by atoms with Crippen molar-refractivity contribution in [2.45, 2.75) is 58.9 Å². The summed E-state index contributed by atoms with van der Waals surface area (Å²) in [5.41, 5.74) is 3.70. The lowest BCUT2D eigenvalue weighted by atomic mass is 9.86. The Bertz CT molecular complexity index is 974. The van der Waals surface area contributed by atoms with E-state index in [1.807, 2.05) is 45.0 Å². The number of nitrogens with zero attached hydrogens (tertiary/aromatic N) is 1. The maximum atomic E-state index is 12.7. The van der Waals surface area contributed by atoms with Crippen LogP contribution >= 0.6 is 0 Å². The van der Waals surface area contributed by atoms with Gasteiger partial charge in [0.15, 0.2) is 0 Å². The van der Waals surface area contributed by atoms with E-state index in [1.54, 1.807) is 12.1 Å². The van der Waals surface area contributed by atoms with Crippen molar-refractivity contribution in [1.29, 1.82) is 0 Å². The number of sulfonamides is 1. The van der Waals surface area contributed by atoms with Gasteiger partial charge in [0.2, 0.25) is 15.9 Å². The third kappa shape index (κ3) is 6.08. The Morgan fingerprint density at radius 3 is 2.07 bits per heavy atom. The van der Waals surface area contributed by atoms with E-state index in [0.29, 0.717) is 5.69 Å². The number of hydrogen-bond donors (Lipinski definition) is 1. The molecule has 0 saturated carbocycles. The molecule has 0 fully saturated rings. The van der Waals surface area contributed by atoms with Crippen molar-refractivity contribution >= 4 is 21.6 Å². The number of rotatable bonds is 7. The van der Waals surface area contributed by atoms with Gasteiger partial charge >= 0.3 is 0 Å². The van der Waals surface area contributed by atoms with E-state index in [2.05, 4.69) is 38.2 Å². The molecule has 1 amide bonds. The SMILES string of the molecule is CC(C)c1ccccc1N(CC(=O)N[C@@H](C)c1ccc(C(C)(C)C)cc1)S(C)(=O)=O. The molecule has 0 aliphatic carbocycles. The largest absolute Gasteiger partial charge is 0.348 e. The zero-order valence-corrected chi connectivity index (χ0v) is 19.9. The van der Waals surface area contributed by atoms with E-state index in [9.17, 15) is 13.2 Å². The number of carbonyl (C=O) groups excluding carboxylic acids is 1. The zero-order chi connectivity index (χ0) is 22.7. The standard InChI is InChI=1S/C24H34N2O3S/c1-17(2)21-10-8-9-11-22(21)26(30(7,28)29)16-23(27)25-18(3)19-12-14-20(15-13-19)24(4,5)6/h8-15,17-18H,16H2,1-7H3,(H,25,27)/t18-/m0/s1. The first-order chi connectivity index (χ1) is 13.8. The number of amides is 1. The molecular weight excluding hydrogens is 396 g/mol. The molecule has 30 heavy (non-hydrogen) atoms. The number of carbonyl (C=O) groups is 1. The van der Waals surface area contributed by atoms with E-state index >= 15 is 0 Å². The number of hydrogen-bond acceptors (Lipinski definition) is 3. The van der Waals surface area contributed by atoms with Gasteiger partial charge in [-0.25, -0.2) is 8.42 Å². The van der Waals surface area contributed by atoms with E-state index in [-0.39, 0.29) is 29.8 Å². The average Bonchev–Trinajstić information content (AvgIpc) is 2.64. The predicted octanol–water partition coefficient (Wildman–Crippen LogP) is 4.75. The molecule has 5 nitrogen and oxygen atoms in total. The van der Waals surface area contributed by atoms with Gasteiger partial charge in [0.25, 0.3) is 0 Å². The summed E-state index contributed by atoms with van der Waals surface area (Å²) in [5.74, 6) is -0.208. The van der Waals surface area contributed by atoms with Gasteiger partial charge in [-0.1, -0.05) is 77.1 Å². The number of para-hydroxylation sites is 1. The molecule has 0 saturated heterocycles. The minimum Gasteiger partial charge on any atom is -0.348 e. The van der Waals surface area contributed by atoms with Crippen molar-refractivity contribution in [3.05, 3.63) is 65.2 Å². The highest BCUT2D eigenvalue weighted by Crippen LogP contribution is 2.29. The van der Waals surface area contributed by atoms with Crippen LogP contribution in [-0.4, -0.2) is 27.1 Å². The maximum absolute atomic E-state index is 12.7. The zero-order valence-electron chi connectivity index (χ0n) is 19.1. The first-order valence-electron chi connectivity index (χ1n) is 10.3. The Hall–Kier alpha value is -2.34. The second kappa shape index (κ2) is 9.21. The molecule has 1 N–H and O–H groups in total. The molecule has 0 aromatic heterocycles. The quantitative estimate of drug-likeness (QED) is 0.689. The Morgan fingerprint density at radius 2 is 1.57 bits per heavy atom. The molecule has 0 heterocycles. The molecule has 2 rings (SSSR count). The highest BCUT2D eigenvalue weighted by Gasteiger charge is 2.24. The number of anilines is 1. The van der Waals surface area contributed by atoms with Gasteiger partial charge in [0.05, 0.1) is 18.0 Å². The van der Waals surface area contributed by atoms with Gasteiger partial charge in [-0.2, -0.15) is 0 Å². The summed E-state index contributed by atoms with van der Waals surface area (Å²) >= 11 is 0. The van der Waals surface area contributed by atoms with Crippen LogP contribution in [0, 0.1) is 0 Å². The summed E-state index contributed by atoms with van der Waals surface area (Å²) in [6.45, 7) is 12.1. The molecule has 164 valence electrons. The van der Waals surface area contributed by atoms with Crippen molar-refractivity contribution in [3.63, 3.8) is 0 Å². The molecular formula is C24H34N2O3S. The van der Waals surface area contributed by atoms with Gasteiger partial charge in [-0.05, 0) is 41.0 Å². The van der Waals surface area contributed by atoms with Crippen LogP contribution in [0.4, 0.5) is 5.69 Å². The highest BCUT2D eigenvalue weighted by molar-refractivity contribution is 7.92. The summed E-state index contributed by atoms with van der Waals surface area (Å²) < 4.78 is 26.1. The Labute approximate surface area is 181 Å². The lowest BCUT2D eigenvalue weighted by molar-refractivity contribution is -0.120. The van der Waals surface area contributed by atoms with Crippen LogP contribution < -0.4 is 9.62 Å². The molecule has 0 bridgehead atoms. The number of nitrogens with one attached hydrogen (secondary N) is 1. The van der Waals surface area contributed by atoms with E-state index in [0.717, 1.165) is 17.4 Å². The van der Waals surface area contributed by atoms with Crippen molar-refractivity contribution in [1.82, 2.24) is 5.32 Å². The van der Waals surface area contributed by atoms with Crippen LogP contribution in [0.15, 0.2) is 48.5 Å². The van der Waals surface area contributed by atoms with Gasteiger partial charge < -0.3 is 5.32 Å². The van der Waals surface area contributed by atoms with Gasteiger partial charge in [0, 0.05) is 0 Å². The van der Waals surface area contributed by atoms with E-state index < -0.39 is 10.0 Å². The summed E-state index contributed by atoms with van der Waals surface area (Å²) in [6.07, 6.45) is 1.13. The highest BCUT2D eigenvalue weighted by atomic mass is 32.2. The maximum Gasteiger partial charge on any atom is 0.241 e. The second-order valence-corrected chi connectivity index (χ2v) is 11.1. The first kappa shape index (κ1) is 23.9. The Balaban J connectivity index is 2.19. The normalized spacial score (nSPS) is 13.2. The Morgan fingerprint density at radius 1 is 1.00 bits per heavy atom.